The summed E-state index contributed by atoms with van der Waals surface area (Å²) in [5.74, 6) is -0.610. The van der Waals surface area contributed by atoms with Crippen LogP contribution >= 0.6 is 0 Å². The Bertz CT molecular complexity index is 952. The van der Waals surface area contributed by atoms with Crippen molar-refractivity contribution in [3.8, 4) is 0 Å². The second-order valence-corrected chi connectivity index (χ2v) is 7.81. The number of nitrogens with one attached hydrogen (secondary N) is 4. The SMILES string of the molecule is CCC(=O)Nc1cc(NC(=O)CCCC(=O)Nc2ccc(C)c(NC(=O)CC)c2)ccc1C. The summed E-state index contributed by atoms with van der Waals surface area (Å²) in [4.78, 5) is 47.8. The van der Waals surface area contributed by atoms with Crippen molar-refractivity contribution < 1.29 is 19.2 Å². The van der Waals surface area contributed by atoms with Crippen LogP contribution in [-0.4, -0.2) is 23.6 Å². The number of aryl methyl sites for hydroxylation is 2. The fourth-order valence-electron chi connectivity index (χ4n) is 3.00. The molecule has 0 saturated heterocycles. The van der Waals surface area contributed by atoms with Crippen LogP contribution in [0.1, 0.15) is 57.1 Å². The number of hydrogen-bond acceptors (Lipinski definition) is 4. The lowest BCUT2D eigenvalue weighted by molar-refractivity contribution is -0.118. The maximum Gasteiger partial charge on any atom is 0.224 e. The number of carbonyl (C=O) groups excluding carboxylic acids is 4. The molecule has 0 fully saturated rings. The first-order valence-electron chi connectivity index (χ1n) is 11.1. The highest BCUT2D eigenvalue weighted by Crippen LogP contribution is 2.22. The number of hydrogen-bond donors (Lipinski definition) is 4. The molecule has 0 aliphatic heterocycles. The summed E-state index contributed by atoms with van der Waals surface area (Å²) < 4.78 is 0. The van der Waals surface area contributed by atoms with Crippen LogP contribution in [-0.2, 0) is 19.2 Å². The fraction of sp³-hybridized carbons (Fsp3) is 0.360. The summed E-state index contributed by atoms with van der Waals surface area (Å²) in [6, 6.07) is 10.6. The lowest BCUT2D eigenvalue weighted by atomic mass is 10.1. The average molecular weight is 453 g/mol. The minimum Gasteiger partial charge on any atom is -0.326 e. The summed E-state index contributed by atoms with van der Waals surface area (Å²) in [5.41, 5.74) is 4.30. The molecule has 0 unspecified atom stereocenters. The van der Waals surface area contributed by atoms with E-state index in [1.807, 2.05) is 26.0 Å². The second-order valence-electron chi connectivity index (χ2n) is 7.81. The highest BCUT2D eigenvalue weighted by atomic mass is 16.2. The van der Waals surface area contributed by atoms with Crippen LogP contribution in [0.15, 0.2) is 36.4 Å². The normalized spacial score (nSPS) is 10.3. The molecule has 8 heteroatoms. The molecule has 8 nitrogen and oxygen atoms in total. The van der Waals surface area contributed by atoms with Gasteiger partial charge in [-0.1, -0.05) is 26.0 Å². The molecular formula is C25H32N4O4. The standard InChI is InChI=1S/C25H32N4O4/c1-5-22(30)28-20-14-18(12-10-16(20)3)26-24(32)8-7-9-25(33)27-19-13-11-17(4)21(15-19)29-23(31)6-2/h10-15H,5-9H2,1-4H3,(H,26,32)(H,27,33)(H,28,30)(H,29,31). The number of carbonyl (C=O) groups is 4. The summed E-state index contributed by atoms with van der Waals surface area (Å²) in [6.07, 6.45) is 1.49. The molecule has 0 aliphatic carbocycles. The number of amides is 4. The van der Waals surface area contributed by atoms with Gasteiger partial charge in [0.05, 0.1) is 0 Å². The van der Waals surface area contributed by atoms with Gasteiger partial charge in [0.1, 0.15) is 0 Å². The minimum absolute atomic E-state index is 0.0963. The average Bonchev–Trinajstić information content (AvgIpc) is 2.78. The van der Waals surface area contributed by atoms with Crippen LogP contribution in [0.4, 0.5) is 22.7 Å². The van der Waals surface area contributed by atoms with Gasteiger partial charge in [-0.05, 0) is 55.7 Å². The van der Waals surface area contributed by atoms with E-state index >= 15 is 0 Å². The maximum atomic E-state index is 12.3. The van der Waals surface area contributed by atoms with Gasteiger partial charge in [-0.2, -0.15) is 0 Å². The molecule has 0 radical (unpaired) electrons. The highest BCUT2D eigenvalue weighted by Gasteiger charge is 2.10. The summed E-state index contributed by atoms with van der Waals surface area (Å²) in [5, 5.41) is 11.2. The van der Waals surface area contributed by atoms with Gasteiger partial charge in [-0.15, -0.1) is 0 Å². The van der Waals surface area contributed by atoms with Crippen LogP contribution in [0, 0.1) is 13.8 Å². The molecular weight excluding hydrogens is 420 g/mol. The Morgan fingerprint density at radius 3 is 1.36 bits per heavy atom. The smallest absolute Gasteiger partial charge is 0.224 e. The zero-order valence-electron chi connectivity index (χ0n) is 19.6. The predicted octanol–water partition coefficient (Wildman–Crippen LogP) is 4.75. The Balaban J connectivity index is 1.83. The summed E-state index contributed by atoms with van der Waals surface area (Å²) in [6.45, 7) is 7.30. The number of anilines is 4. The van der Waals surface area contributed by atoms with Crippen molar-refractivity contribution in [3.05, 3.63) is 47.5 Å². The molecule has 4 amide bonds. The molecule has 0 saturated carbocycles. The van der Waals surface area contributed by atoms with Crippen LogP contribution in [0.2, 0.25) is 0 Å². The Morgan fingerprint density at radius 1 is 0.606 bits per heavy atom. The summed E-state index contributed by atoms with van der Waals surface area (Å²) >= 11 is 0. The van der Waals surface area contributed by atoms with E-state index < -0.39 is 0 Å². The predicted molar refractivity (Wildman–Crippen MR) is 131 cm³/mol. The van der Waals surface area contributed by atoms with Gasteiger partial charge in [0.15, 0.2) is 0 Å². The molecule has 2 aromatic carbocycles. The highest BCUT2D eigenvalue weighted by molar-refractivity contribution is 5.96. The van der Waals surface area contributed by atoms with Crippen molar-refractivity contribution in [1.29, 1.82) is 0 Å². The lowest BCUT2D eigenvalue weighted by Gasteiger charge is -2.12. The Hall–Kier alpha value is -3.68. The van der Waals surface area contributed by atoms with Gasteiger partial charge in [0.25, 0.3) is 0 Å². The molecule has 2 aromatic rings. The van der Waals surface area contributed by atoms with Crippen LogP contribution in [0.25, 0.3) is 0 Å². The molecule has 33 heavy (non-hydrogen) atoms. The Kier molecular flexibility index (Phi) is 9.60. The van der Waals surface area contributed by atoms with E-state index in [0.717, 1.165) is 11.1 Å². The Morgan fingerprint density at radius 2 is 1.00 bits per heavy atom. The van der Waals surface area contributed by atoms with E-state index in [0.29, 0.717) is 42.0 Å². The summed E-state index contributed by atoms with van der Waals surface area (Å²) in [7, 11) is 0. The van der Waals surface area contributed by atoms with Gasteiger partial charge in [0.2, 0.25) is 23.6 Å². The van der Waals surface area contributed by atoms with Gasteiger partial charge >= 0.3 is 0 Å². The quantitative estimate of drug-likeness (QED) is 0.416. The van der Waals surface area contributed by atoms with E-state index in [1.54, 1.807) is 38.1 Å². The van der Waals surface area contributed by atoms with Crippen LogP contribution in [0.3, 0.4) is 0 Å². The molecule has 2 rings (SSSR count). The first kappa shape index (κ1) is 25.6. The molecule has 0 aromatic heterocycles. The zero-order chi connectivity index (χ0) is 24.4. The van der Waals surface area contributed by atoms with Crippen molar-refractivity contribution in [2.45, 2.75) is 59.8 Å². The molecule has 0 aliphatic rings. The van der Waals surface area contributed by atoms with Crippen LogP contribution in [0.5, 0.6) is 0 Å². The van der Waals surface area contributed by atoms with E-state index in [-0.39, 0.29) is 36.5 Å². The van der Waals surface area contributed by atoms with E-state index in [2.05, 4.69) is 21.3 Å². The largest absolute Gasteiger partial charge is 0.326 e. The first-order valence-corrected chi connectivity index (χ1v) is 11.1. The molecule has 0 spiro atoms. The van der Waals surface area contributed by atoms with Gasteiger partial charge in [-0.25, -0.2) is 0 Å². The number of benzene rings is 2. The monoisotopic (exact) mass is 452 g/mol. The molecule has 0 bridgehead atoms. The minimum atomic E-state index is -0.209. The lowest BCUT2D eigenvalue weighted by Crippen LogP contribution is -2.16. The van der Waals surface area contributed by atoms with Crippen molar-refractivity contribution in [3.63, 3.8) is 0 Å². The third kappa shape index (κ3) is 8.40. The Labute approximate surface area is 194 Å². The molecule has 0 heterocycles. The fourth-order valence-corrected chi connectivity index (χ4v) is 3.00. The van der Waals surface area contributed by atoms with E-state index in [1.165, 1.54) is 0 Å². The van der Waals surface area contributed by atoms with Gasteiger partial charge in [-0.3, -0.25) is 19.2 Å². The molecule has 0 atom stereocenters. The van der Waals surface area contributed by atoms with Crippen molar-refractivity contribution in [2.24, 2.45) is 0 Å². The zero-order valence-corrected chi connectivity index (χ0v) is 19.6. The molecule has 176 valence electrons. The van der Waals surface area contributed by atoms with Crippen LogP contribution < -0.4 is 21.3 Å². The van der Waals surface area contributed by atoms with E-state index in [4.69, 9.17) is 0 Å². The van der Waals surface area contributed by atoms with Crippen molar-refractivity contribution in [2.75, 3.05) is 21.3 Å². The number of rotatable bonds is 10. The third-order valence-electron chi connectivity index (χ3n) is 5.04. The third-order valence-corrected chi connectivity index (χ3v) is 5.04. The molecule has 4 N–H and O–H groups in total. The second kappa shape index (κ2) is 12.4. The van der Waals surface area contributed by atoms with Crippen molar-refractivity contribution >= 4 is 46.4 Å². The maximum absolute atomic E-state index is 12.3. The van der Waals surface area contributed by atoms with Crippen molar-refractivity contribution in [1.82, 2.24) is 0 Å². The van der Waals surface area contributed by atoms with Gasteiger partial charge < -0.3 is 21.3 Å². The topological polar surface area (TPSA) is 116 Å². The van der Waals surface area contributed by atoms with Gasteiger partial charge in [0, 0.05) is 48.4 Å². The first-order chi connectivity index (χ1) is 15.7. The van der Waals surface area contributed by atoms with E-state index in [9.17, 15) is 19.2 Å².